The first-order chi connectivity index (χ1) is 8.69. The molecular weight excluding hydrogens is 314 g/mol. The highest BCUT2D eigenvalue weighted by Gasteiger charge is 2.09. The van der Waals surface area contributed by atoms with Crippen molar-refractivity contribution in [3.8, 4) is 5.75 Å². The number of ether oxygens (including phenoxy) is 1. The summed E-state index contributed by atoms with van der Waals surface area (Å²) in [6.45, 7) is 2.12. The molecule has 0 amide bonds. The summed E-state index contributed by atoms with van der Waals surface area (Å²) < 4.78 is 6.24. The Morgan fingerprint density at radius 1 is 1.44 bits per heavy atom. The second-order valence-electron chi connectivity index (χ2n) is 3.67. The van der Waals surface area contributed by atoms with E-state index in [-0.39, 0.29) is 12.4 Å². The first-order valence-corrected chi connectivity index (χ1v) is 7.15. The number of hydrogen-bond acceptors (Lipinski definition) is 4. The third-order valence-electron chi connectivity index (χ3n) is 2.33. The number of aromatic nitrogens is 1. The van der Waals surface area contributed by atoms with E-state index < -0.39 is 0 Å². The van der Waals surface area contributed by atoms with Crippen LogP contribution in [0.3, 0.4) is 0 Å². The molecule has 2 aromatic rings. The molecule has 94 valence electrons. The molecular formula is C13H12BrNO2S. The van der Waals surface area contributed by atoms with E-state index in [1.54, 1.807) is 18.5 Å². The minimum absolute atomic E-state index is 0.000300. The van der Waals surface area contributed by atoms with Crippen molar-refractivity contribution in [2.75, 3.05) is 6.61 Å². The van der Waals surface area contributed by atoms with Crippen LogP contribution >= 0.6 is 27.3 Å². The smallest absolute Gasteiger partial charge is 0.210 e. The summed E-state index contributed by atoms with van der Waals surface area (Å²) in [7, 11) is 0. The minimum atomic E-state index is -0.000300. The molecule has 0 saturated carbocycles. The second-order valence-corrected chi connectivity index (χ2v) is 5.75. The zero-order valence-corrected chi connectivity index (χ0v) is 12.3. The normalized spacial score (nSPS) is 10.3. The first-order valence-electron chi connectivity index (χ1n) is 5.54. The predicted octanol–water partition coefficient (Wildman–Crippen LogP) is 3.73. The highest BCUT2D eigenvalue weighted by molar-refractivity contribution is 9.10. The summed E-state index contributed by atoms with van der Waals surface area (Å²) in [6.07, 6.45) is 4.21. The Labute approximate surface area is 118 Å². The molecule has 2 heterocycles. The summed E-state index contributed by atoms with van der Waals surface area (Å²) in [5, 5.41) is 0. The minimum Gasteiger partial charge on any atom is -0.484 e. The van der Waals surface area contributed by atoms with Crippen molar-refractivity contribution in [2.45, 2.75) is 13.3 Å². The molecule has 0 bridgehead atoms. The van der Waals surface area contributed by atoms with E-state index in [1.807, 2.05) is 12.1 Å². The maximum absolute atomic E-state index is 11.9. The summed E-state index contributed by atoms with van der Waals surface area (Å²) in [4.78, 5) is 17.8. The Morgan fingerprint density at radius 3 is 2.94 bits per heavy atom. The number of aryl methyl sites for hydroxylation is 1. The largest absolute Gasteiger partial charge is 0.484 e. The number of carbonyl (C=O) groups excluding carboxylic acids is 1. The lowest BCUT2D eigenvalue weighted by Gasteiger charge is -2.03. The molecule has 0 radical (unpaired) electrons. The van der Waals surface area contributed by atoms with Gasteiger partial charge in [0.25, 0.3) is 0 Å². The molecule has 18 heavy (non-hydrogen) atoms. The molecule has 0 aliphatic carbocycles. The van der Waals surface area contributed by atoms with Gasteiger partial charge in [0.15, 0.2) is 6.61 Å². The summed E-state index contributed by atoms with van der Waals surface area (Å²) in [6, 6.07) is 5.62. The Kier molecular flexibility index (Phi) is 4.49. The monoisotopic (exact) mass is 325 g/mol. The van der Waals surface area contributed by atoms with Gasteiger partial charge < -0.3 is 4.74 Å². The fraction of sp³-hybridized carbons (Fsp3) is 0.231. The maximum Gasteiger partial charge on any atom is 0.210 e. The Hall–Kier alpha value is -1.20. The molecule has 0 aliphatic heterocycles. The maximum atomic E-state index is 11.9. The van der Waals surface area contributed by atoms with E-state index in [0.29, 0.717) is 5.75 Å². The summed E-state index contributed by atoms with van der Waals surface area (Å²) in [5.74, 6) is 0.588. The van der Waals surface area contributed by atoms with Crippen molar-refractivity contribution in [1.29, 1.82) is 0 Å². The van der Waals surface area contributed by atoms with E-state index in [2.05, 4.69) is 27.8 Å². The topological polar surface area (TPSA) is 39.2 Å². The van der Waals surface area contributed by atoms with E-state index in [0.717, 1.165) is 15.8 Å². The van der Waals surface area contributed by atoms with Crippen molar-refractivity contribution in [3.63, 3.8) is 0 Å². The lowest BCUT2D eigenvalue weighted by molar-refractivity contribution is 0.0925. The molecule has 0 atom stereocenters. The van der Waals surface area contributed by atoms with Crippen LogP contribution in [0.15, 0.2) is 35.1 Å². The lowest BCUT2D eigenvalue weighted by Crippen LogP contribution is -2.10. The molecule has 0 saturated heterocycles. The van der Waals surface area contributed by atoms with Gasteiger partial charge in [-0.25, -0.2) is 0 Å². The van der Waals surface area contributed by atoms with Gasteiger partial charge in [0.05, 0.1) is 11.1 Å². The molecule has 0 aliphatic rings. The molecule has 3 nitrogen and oxygen atoms in total. The third-order valence-corrected chi connectivity index (χ3v) is 4.04. The number of carbonyl (C=O) groups is 1. The van der Waals surface area contributed by atoms with Crippen LogP contribution < -0.4 is 4.74 Å². The fourth-order valence-electron chi connectivity index (χ4n) is 1.41. The zero-order chi connectivity index (χ0) is 13.0. The Balaban J connectivity index is 1.96. The molecule has 0 fully saturated rings. The summed E-state index contributed by atoms with van der Waals surface area (Å²) >= 11 is 4.83. The van der Waals surface area contributed by atoms with Gasteiger partial charge >= 0.3 is 0 Å². The number of rotatable bonds is 5. The predicted molar refractivity (Wildman–Crippen MR) is 75.5 cm³/mol. The Morgan fingerprint density at radius 2 is 2.28 bits per heavy atom. The SMILES string of the molecule is CCc1ccc(C(=O)COc2cncc(Br)c2)s1. The first kappa shape index (κ1) is 13.2. The van der Waals surface area contributed by atoms with Crippen LogP contribution in [0.2, 0.25) is 0 Å². The van der Waals surface area contributed by atoms with Gasteiger partial charge in [-0.1, -0.05) is 6.92 Å². The van der Waals surface area contributed by atoms with Crippen molar-refractivity contribution < 1.29 is 9.53 Å². The van der Waals surface area contributed by atoms with Crippen LogP contribution in [0.25, 0.3) is 0 Å². The Bertz CT molecular complexity index is 553. The van der Waals surface area contributed by atoms with Gasteiger partial charge in [-0.05, 0) is 40.5 Å². The molecule has 2 aromatic heterocycles. The average Bonchev–Trinajstić information content (AvgIpc) is 2.85. The van der Waals surface area contributed by atoms with Crippen molar-refractivity contribution in [3.05, 3.63) is 44.8 Å². The average molecular weight is 326 g/mol. The molecule has 0 N–H and O–H groups in total. The quantitative estimate of drug-likeness (QED) is 0.786. The van der Waals surface area contributed by atoms with Gasteiger partial charge in [0.1, 0.15) is 5.75 Å². The van der Waals surface area contributed by atoms with Crippen LogP contribution in [0.5, 0.6) is 5.75 Å². The standard InChI is InChI=1S/C13H12BrNO2S/c1-2-11-3-4-13(18-11)12(16)8-17-10-5-9(14)6-15-7-10/h3-7H,2,8H2,1H3. The number of halogens is 1. The van der Waals surface area contributed by atoms with Crippen LogP contribution in [-0.4, -0.2) is 17.4 Å². The molecule has 5 heteroatoms. The highest BCUT2D eigenvalue weighted by atomic mass is 79.9. The van der Waals surface area contributed by atoms with E-state index >= 15 is 0 Å². The molecule has 0 aromatic carbocycles. The molecule has 2 rings (SSSR count). The third kappa shape index (κ3) is 3.40. The van der Waals surface area contributed by atoms with Crippen LogP contribution in [0, 0.1) is 0 Å². The van der Waals surface area contributed by atoms with Gasteiger partial charge in [-0.15, -0.1) is 11.3 Å². The number of pyridine rings is 1. The number of Topliss-reactive ketones (excluding diaryl/α,β-unsaturated/α-hetero) is 1. The number of thiophene rings is 1. The van der Waals surface area contributed by atoms with Crippen molar-refractivity contribution in [2.24, 2.45) is 0 Å². The lowest BCUT2D eigenvalue weighted by atomic mass is 10.3. The van der Waals surface area contributed by atoms with Crippen LogP contribution in [-0.2, 0) is 6.42 Å². The van der Waals surface area contributed by atoms with E-state index in [4.69, 9.17) is 4.74 Å². The number of nitrogens with zero attached hydrogens (tertiary/aromatic N) is 1. The van der Waals surface area contributed by atoms with Crippen molar-refractivity contribution >= 4 is 33.0 Å². The van der Waals surface area contributed by atoms with Gasteiger partial charge in [0.2, 0.25) is 5.78 Å². The van der Waals surface area contributed by atoms with Gasteiger partial charge in [-0.2, -0.15) is 0 Å². The molecule has 0 unspecified atom stereocenters. The fourth-order valence-corrected chi connectivity index (χ4v) is 2.62. The zero-order valence-electron chi connectivity index (χ0n) is 9.85. The summed E-state index contributed by atoms with van der Waals surface area (Å²) in [5.41, 5.74) is 0. The van der Waals surface area contributed by atoms with E-state index in [1.165, 1.54) is 16.2 Å². The molecule has 0 spiro atoms. The highest BCUT2D eigenvalue weighted by Crippen LogP contribution is 2.19. The van der Waals surface area contributed by atoms with E-state index in [9.17, 15) is 4.79 Å². The number of hydrogen-bond donors (Lipinski definition) is 0. The van der Waals surface area contributed by atoms with Gasteiger partial charge in [-0.3, -0.25) is 9.78 Å². The van der Waals surface area contributed by atoms with Crippen LogP contribution in [0.1, 0.15) is 21.5 Å². The van der Waals surface area contributed by atoms with Crippen molar-refractivity contribution in [1.82, 2.24) is 4.98 Å². The van der Waals surface area contributed by atoms with Gasteiger partial charge in [0, 0.05) is 15.5 Å². The second kappa shape index (κ2) is 6.11. The number of ketones is 1. The van der Waals surface area contributed by atoms with Crippen LogP contribution in [0.4, 0.5) is 0 Å².